The molecule has 0 saturated carbocycles. The molecular formula is C9H19N3O. The molecule has 76 valence electrons. The van der Waals surface area contributed by atoms with Crippen LogP contribution in [0, 0.1) is 0 Å². The first-order valence-electron chi connectivity index (χ1n) is 4.75. The van der Waals surface area contributed by atoms with Crippen molar-refractivity contribution < 1.29 is 4.74 Å². The van der Waals surface area contributed by atoms with Crippen LogP contribution in [0.3, 0.4) is 0 Å². The Morgan fingerprint density at radius 2 is 2.23 bits per heavy atom. The Bertz CT molecular complexity index is 160. The second-order valence-electron chi connectivity index (χ2n) is 3.30. The number of nitrogens with zero attached hydrogens (tertiary/aromatic N) is 1. The van der Waals surface area contributed by atoms with E-state index in [4.69, 9.17) is 10.5 Å². The van der Waals surface area contributed by atoms with E-state index in [1.807, 2.05) is 13.1 Å². The third kappa shape index (κ3) is 4.75. The lowest BCUT2D eigenvalue weighted by molar-refractivity contribution is 0.0388. The molecule has 0 bridgehead atoms. The van der Waals surface area contributed by atoms with Crippen LogP contribution in [0.15, 0.2) is 11.9 Å². The van der Waals surface area contributed by atoms with Gasteiger partial charge in [0, 0.05) is 38.1 Å². The van der Waals surface area contributed by atoms with Gasteiger partial charge in [0.05, 0.1) is 13.2 Å². The molecular weight excluding hydrogens is 166 g/mol. The van der Waals surface area contributed by atoms with E-state index in [2.05, 4.69) is 10.2 Å². The number of allylic oxidation sites excluding steroid dienone is 1. The fraction of sp³-hybridized carbons (Fsp3) is 0.778. The van der Waals surface area contributed by atoms with Gasteiger partial charge in [-0.2, -0.15) is 0 Å². The first-order chi connectivity index (χ1) is 6.29. The van der Waals surface area contributed by atoms with Crippen LogP contribution >= 0.6 is 0 Å². The number of rotatable bonds is 4. The predicted molar refractivity (Wildman–Crippen MR) is 53.2 cm³/mol. The summed E-state index contributed by atoms with van der Waals surface area (Å²) < 4.78 is 5.25. The van der Waals surface area contributed by atoms with Crippen molar-refractivity contribution >= 4 is 0 Å². The third-order valence-electron chi connectivity index (χ3n) is 2.01. The normalized spacial score (nSPS) is 20.2. The smallest absolute Gasteiger partial charge is 0.0594 e. The van der Waals surface area contributed by atoms with E-state index in [1.54, 1.807) is 0 Å². The summed E-state index contributed by atoms with van der Waals surface area (Å²) >= 11 is 0. The van der Waals surface area contributed by atoms with Gasteiger partial charge in [-0.15, -0.1) is 0 Å². The molecule has 1 heterocycles. The standard InChI is InChI=1S/C9H19N3O/c1-9(10)8-11-2-3-12-4-6-13-7-5-12/h8,11H,2-7,10H2,1H3/b9-8-. The van der Waals surface area contributed by atoms with Gasteiger partial charge in [-0.25, -0.2) is 0 Å². The molecule has 3 N–H and O–H groups in total. The van der Waals surface area contributed by atoms with Crippen LogP contribution in [0.5, 0.6) is 0 Å². The molecule has 4 heteroatoms. The topological polar surface area (TPSA) is 50.5 Å². The van der Waals surface area contributed by atoms with Crippen LogP contribution in [0.4, 0.5) is 0 Å². The molecule has 0 unspecified atom stereocenters. The molecule has 0 amide bonds. The van der Waals surface area contributed by atoms with Gasteiger partial charge in [0.1, 0.15) is 0 Å². The number of hydrogen-bond donors (Lipinski definition) is 2. The fourth-order valence-electron chi connectivity index (χ4n) is 1.28. The first-order valence-corrected chi connectivity index (χ1v) is 4.75. The molecule has 13 heavy (non-hydrogen) atoms. The Labute approximate surface area is 79.7 Å². The van der Waals surface area contributed by atoms with Crippen LogP contribution in [-0.2, 0) is 4.74 Å². The minimum Gasteiger partial charge on any atom is -0.401 e. The second-order valence-corrected chi connectivity index (χ2v) is 3.30. The van der Waals surface area contributed by atoms with Crippen molar-refractivity contribution in [3.05, 3.63) is 11.9 Å². The summed E-state index contributed by atoms with van der Waals surface area (Å²) in [4.78, 5) is 2.39. The zero-order valence-corrected chi connectivity index (χ0v) is 8.25. The van der Waals surface area contributed by atoms with E-state index in [-0.39, 0.29) is 0 Å². The molecule has 4 nitrogen and oxygen atoms in total. The highest BCUT2D eigenvalue weighted by Gasteiger charge is 2.08. The van der Waals surface area contributed by atoms with Crippen molar-refractivity contribution in [2.24, 2.45) is 5.73 Å². The van der Waals surface area contributed by atoms with E-state index in [0.29, 0.717) is 0 Å². The number of nitrogens with two attached hydrogens (primary N) is 1. The predicted octanol–water partition coefficient (Wildman–Crippen LogP) is -0.272. The summed E-state index contributed by atoms with van der Waals surface area (Å²) in [5.41, 5.74) is 6.30. The van der Waals surface area contributed by atoms with Gasteiger partial charge in [-0.1, -0.05) is 0 Å². The summed E-state index contributed by atoms with van der Waals surface area (Å²) in [6.07, 6.45) is 1.85. The summed E-state index contributed by atoms with van der Waals surface area (Å²) in [5, 5.41) is 3.16. The van der Waals surface area contributed by atoms with Crippen LogP contribution in [0.2, 0.25) is 0 Å². The number of hydrogen-bond acceptors (Lipinski definition) is 4. The highest BCUT2D eigenvalue weighted by Crippen LogP contribution is 1.94. The van der Waals surface area contributed by atoms with E-state index < -0.39 is 0 Å². The zero-order chi connectivity index (χ0) is 9.52. The Hall–Kier alpha value is -0.740. The van der Waals surface area contributed by atoms with E-state index >= 15 is 0 Å². The lowest BCUT2D eigenvalue weighted by Crippen LogP contribution is -2.39. The highest BCUT2D eigenvalue weighted by atomic mass is 16.5. The van der Waals surface area contributed by atoms with Gasteiger partial charge in [-0.05, 0) is 6.92 Å². The quantitative estimate of drug-likeness (QED) is 0.592. The summed E-state index contributed by atoms with van der Waals surface area (Å²) in [5.74, 6) is 0. The molecule has 1 rings (SSSR count). The van der Waals surface area contributed by atoms with Gasteiger partial charge in [0.25, 0.3) is 0 Å². The second kappa shape index (κ2) is 5.83. The van der Waals surface area contributed by atoms with Gasteiger partial charge in [-0.3, -0.25) is 4.90 Å². The molecule has 0 aromatic heterocycles. The molecule has 0 aliphatic carbocycles. The van der Waals surface area contributed by atoms with Crippen molar-refractivity contribution in [2.45, 2.75) is 6.92 Å². The third-order valence-corrected chi connectivity index (χ3v) is 2.01. The maximum atomic E-state index is 5.48. The average Bonchev–Trinajstić information content (AvgIpc) is 2.14. The van der Waals surface area contributed by atoms with Gasteiger partial charge >= 0.3 is 0 Å². The Morgan fingerprint density at radius 1 is 1.54 bits per heavy atom. The molecule has 1 aliphatic heterocycles. The molecule has 1 fully saturated rings. The largest absolute Gasteiger partial charge is 0.401 e. The fourth-order valence-corrected chi connectivity index (χ4v) is 1.28. The van der Waals surface area contributed by atoms with Crippen molar-refractivity contribution in [3.8, 4) is 0 Å². The molecule has 0 spiro atoms. The average molecular weight is 185 g/mol. The monoisotopic (exact) mass is 185 g/mol. The molecule has 0 aromatic carbocycles. The summed E-state index contributed by atoms with van der Waals surface area (Å²) in [7, 11) is 0. The highest BCUT2D eigenvalue weighted by molar-refractivity contribution is 4.89. The van der Waals surface area contributed by atoms with Crippen LogP contribution < -0.4 is 11.1 Å². The lowest BCUT2D eigenvalue weighted by atomic mass is 10.4. The zero-order valence-electron chi connectivity index (χ0n) is 8.25. The van der Waals surface area contributed by atoms with Crippen molar-refractivity contribution in [1.29, 1.82) is 0 Å². The van der Waals surface area contributed by atoms with Gasteiger partial charge in [0.2, 0.25) is 0 Å². The molecule has 0 atom stereocenters. The number of nitrogens with one attached hydrogen (secondary N) is 1. The van der Waals surface area contributed by atoms with Gasteiger partial charge in [0.15, 0.2) is 0 Å². The van der Waals surface area contributed by atoms with E-state index in [0.717, 1.165) is 45.1 Å². The Morgan fingerprint density at radius 3 is 2.85 bits per heavy atom. The van der Waals surface area contributed by atoms with E-state index in [1.165, 1.54) is 0 Å². The van der Waals surface area contributed by atoms with Crippen LogP contribution in [0.25, 0.3) is 0 Å². The maximum absolute atomic E-state index is 5.48. The van der Waals surface area contributed by atoms with Gasteiger partial charge < -0.3 is 15.8 Å². The number of morpholine rings is 1. The van der Waals surface area contributed by atoms with Crippen molar-refractivity contribution in [3.63, 3.8) is 0 Å². The Balaban J connectivity index is 2.01. The maximum Gasteiger partial charge on any atom is 0.0594 e. The first kappa shape index (κ1) is 10.3. The van der Waals surface area contributed by atoms with Crippen molar-refractivity contribution in [1.82, 2.24) is 10.2 Å². The molecule has 1 saturated heterocycles. The van der Waals surface area contributed by atoms with Crippen LogP contribution in [0.1, 0.15) is 6.92 Å². The Kier molecular flexibility index (Phi) is 4.64. The SMILES string of the molecule is C/C(N)=C/NCCN1CCOCC1. The summed E-state index contributed by atoms with van der Waals surface area (Å²) in [6.45, 7) is 7.72. The lowest BCUT2D eigenvalue weighted by Gasteiger charge is -2.26. The minimum absolute atomic E-state index is 0.821. The van der Waals surface area contributed by atoms with Crippen LogP contribution in [-0.4, -0.2) is 44.3 Å². The minimum atomic E-state index is 0.821. The number of ether oxygens (including phenoxy) is 1. The van der Waals surface area contributed by atoms with Crippen molar-refractivity contribution in [2.75, 3.05) is 39.4 Å². The van der Waals surface area contributed by atoms with E-state index in [9.17, 15) is 0 Å². The molecule has 1 aliphatic rings. The molecule has 0 radical (unpaired) electrons. The molecule has 0 aromatic rings. The summed E-state index contributed by atoms with van der Waals surface area (Å²) in [6, 6.07) is 0.